The standard InChI is InChI=1S/C6H15NO2/c1-5(7-9)6(2,3)4-8/h5,7-9H,4H2,1-3H3. The number of aliphatic hydroxyl groups excluding tert-OH is 1. The second-order valence-corrected chi connectivity index (χ2v) is 3.00. The van der Waals surface area contributed by atoms with E-state index in [9.17, 15) is 0 Å². The molecule has 0 aliphatic rings. The Bertz CT molecular complexity index is 83.1. The predicted octanol–water partition coefficient (Wildman–Crippen LogP) is 0.372. The zero-order valence-corrected chi connectivity index (χ0v) is 6.18. The Kier molecular flexibility index (Phi) is 3.11. The fourth-order valence-corrected chi connectivity index (χ4v) is 0.312. The summed E-state index contributed by atoms with van der Waals surface area (Å²) in [5.74, 6) is 0. The molecule has 3 heteroatoms. The Morgan fingerprint density at radius 1 is 1.56 bits per heavy atom. The van der Waals surface area contributed by atoms with Crippen molar-refractivity contribution in [2.24, 2.45) is 5.41 Å². The van der Waals surface area contributed by atoms with E-state index in [0.717, 1.165) is 0 Å². The van der Waals surface area contributed by atoms with Gasteiger partial charge in [0.25, 0.3) is 0 Å². The minimum Gasteiger partial charge on any atom is -0.396 e. The van der Waals surface area contributed by atoms with Crippen molar-refractivity contribution in [3.8, 4) is 0 Å². The molecule has 0 bridgehead atoms. The maximum Gasteiger partial charge on any atom is 0.0497 e. The van der Waals surface area contributed by atoms with Crippen LogP contribution in [0.1, 0.15) is 20.8 Å². The van der Waals surface area contributed by atoms with E-state index in [2.05, 4.69) is 5.48 Å². The summed E-state index contributed by atoms with van der Waals surface area (Å²) in [4.78, 5) is 0. The van der Waals surface area contributed by atoms with Gasteiger partial charge in [-0.3, -0.25) is 0 Å². The van der Waals surface area contributed by atoms with Crippen LogP contribution in [0.5, 0.6) is 0 Å². The summed E-state index contributed by atoms with van der Waals surface area (Å²) in [5.41, 5.74) is 1.84. The van der Waals surface area contributed by atoms with Crippen LogP contribution in [0.4, 0.5) is 0 Å². The van der Waals surface area contributed by atoms with Gasteiger partial charge in [0.15, 0.2) is 0 Å². The Hall–Kier alpha value is -0.120. The van der Waals surface area contributed by atoms with Gasteiger partial charge in [0.05, 0.1) is 0 Å². The van der Waals surface area contributed by atoms with E-state index < -0.39 is 0 Å². The number of rotatable bonds is 3. The first-order valence-electron chi connectivity index (χ1n) is 3.05. The van der Waals surface area contributed by atoms with Crippen LogP contribution < -0.4 is 5.48 Å². The zero-order chi connectivity index (χ0) is 7.49. The average molecular weight is 133 g/mol. The van der Waals surface area contributed by atoms with Gasteiger partial charge >= 0.3 is 0 Å². The highest BCUT2D eigenvalue weighted by molar-refractivity contribution is 4.76. The first kappa shape index (κ1) is 8.88. The number of aliphatic hydroxyl groups is 1. The molecule has 3 N–H and O–H groups in total. The van der Waals surface area contributed by atoms with Crippen molar-refractivity contribution in [3.63, 3.8) is 0 Å². The molecular weight excluding hydrogens is 118 g/mol. The number of hydrogen-bond acceptors (Lipinski definition) is 3. The van der Waals surface area contributed by atoms with E-state index in [4.69, 9.17) is 10.3 Å². The highest BCUT2D eigenvalue weighted by atomic mass is 16.5. The molecule has 0 rings (SSSR count). The molecule has 0 amide bonds. The smallest absolute Gasteiger partial charge is 0.0497 e. The van der Waals surface area contributed by atoms with Crippen molar-refractivity contribution in [1.29, 1.82) is 0 Å². The van der Waals surface area contributed by atoms with Gasteiger partial charge in [-0.1, -0.05) is 13.8 Å². The van der Waals surface area contributed by atoms with Crippen molar-refractivity contribution in [2.75, 3.05) is 6.61 Å². The topological polar surface area (TPSA) is 52.5 Å². The molecule has 0 aliphatic carbocycles. The first-order valence-corrected chi connectivity index (χ1v) is 3.05. The van der Waals surface area contributed by atoms with Gasteiger partial charge in [-0.15, -0.1) is 0 Å². The Balaban J connectivity index is 3.80. The molecule has 1 atom stereocenters. The number of hydroxylamine groups is 1. The summed E-state index contributed by atoms with van der Waals surface area (Å²) in [5, 5.41) is 17.2. The van der Waals surface area contributed by atoms with Gasteiger partial charge in [0.1, 0.15) is 0 Å². The SMILES string of the molecule is CC(NO)C(C)(C)CO. The summed E-state index contributed by atoms with van der Waals surface area (Å²) in [6.07, 6.45) is 0. The van der Waals surface area contributed by atoms with E-state index >= 15 is 0 Å². The molecule has 0 aromatic heterocycles. The molecule has 0 aromatic rings. The molecule has 0 saturated heterocycles. The van der Waals surface area contributed by atoms with Gasteiger partial charge in [-0.2, -0.15) is 0 Å². The Morgan fingerprint density at radius 2 is 2.00 bits per heavy atom. The summed E-state index contributed by atoms with van der Waals surface area (Å²) < 4.78 is 0. The predicted molar refractivity (Wildman–Crippen MR) is 35.3 cm³/mol. The van der Waals surface area contributed by atoms with Crippen LogP contribution >= 0.6 is 0 Å². The average Bonchev–Trinajstić information content (AvgIpc) is 1.86. The van der Waals surface area contributed by atoms with Gasteiger partial charge in [-0.25, -0.2) is 5.48 Å². The van der Waals surface area contributed by atoms with Crippen LogP contribution in [0.3, 0.4) is 0 Å². The molecule has 0 aliphatic heterocycles. The molecule has 0 fully saturated rings. The maximum atomic E-state index is 8.74. The van der Waals surface area contributed by atoms with Gasteiger partial charge in [0.2, 0.25) is 0 Å². The van der Waals surface area contributed by atoms with E-state index in [0.29, 0.717) is 0 Å². The second-order valence-electron chi connectivity index (χ2n) is 3.00. The first-order chi connectivity index (χ1) is 4.04. The van der Waals surface area contributed by atoms with Gasteiger partial charge < -0.3 is 10.3 Å². The van der Waals surface area contributed by atoms with Crippen LogP contribution in [-0.2, 0) is 0 Å². The Labute approximate surface area is 55.7 Å². The van der Waals surface area contributed by atoms with Crippen LogP contribution in [0.15, 0.2) is 0 Å². The fourth-order valence-electron chi connectivity index (χ4n) is 0.312. The quantitative estimate of drug-likeness (QED) is 0.488. The molecule has 1 unspecified atom stereocenters. The van der Waals surface area contributed by atoms with Gasteiger partial charge in [0, 0.05) is 18.1 Å². The maximum absolute atomic E-state index is 8.74. The highest BCUT2D eigenvalue weighted by Gasteiger charge is 2.23. The largest absolute Gasteiger partial charge is 0.396 e. The highest BCUT2D eigenvalue weighted by Crippen LogP contribution is 2.17. The zero-order valence-electron chi connectivity index (χ0n) is 6.18. The van der Waals surface area contributed by atoms with Crippen LogP contribution in [0.25, 0.3) is 0 Å². The molecule has 0 saturated carbocycles. The van der Waals surface area contributed by atoms with Gasteiger partial charge in [-0.05, 0) is 6.92 Å². The molecule has 56 valence electrons. The van der Waals surface area contributed by atoms with Crippen molar-refractivity contribution >= 4 is 0 Å². The third kappa shape index (κ3) is 2.30. The summed E-state index contributed by atoms with van der Waals surface area (Å²) in [7, 11) is 0. The third-order valence-electron chi connectivity index (χ3n) is 1.77. The summed E-state index contributed by atoms with van der Waals surface area (Å²) in [6.45, 7) is 5.64. The molecule has 0 heterocycles. The molecular formula is C6H15NO2. The lowest BCUT2D eigenvalue weighted by molar-refractivity contribution is 0.0394. The van der Waals surface area contributed by atoms with Crippen LogP contribution in [-0.4, -0.2) is 23.0 Å². The van der Waals surface area contributed by atoms with Crippen molar-refractivity contribution in [2.45, 2.75) is 26.8 Å². The summed E-state index contributed by atoms with van der Waals surface area (Å²) >= 11 is 0. The van der Waals surface area contributed by atoms with E-state index in [-0.39, 0.29) is 18.1 Å². The number of hydrogen-bond donors (Lipinski definition) is 3. The van der Waals surface area contributed by atoms with E-state index in [1.54, 1.807) is 0 Å². The molecule has 3 nitrogen and oxygen atoms in total. The van der Waals surface area contributed by atoms with Crippen molar-refractivity contribution in [3.05, 3.63) is 0 Å². The lowest BCUT2D eigenvalue weighted by atomic mass is 9.87. The lowest BCUT2D eigenvalue weighted by Crippen LogP contribution is -2.40. The third-order valence-corrected chi connectivity index (χ3v) is 1.77. The lowest BCUT2D eigenvalue weighted by Gasteiger charge is -2.27. The molecule has 0 spiro atoms. The van der Waals surface area contributed by atoms with E-state index in [1.807, 2.05) is 20.8 Å². The Morgan fingerprint density at radius 3 is 2.11 bits per heavy atom. The molecule has 0 radical (unpaired) electrons. The minimum absolute atomic E-state index is 0.0712. The monoisotopic (exact) mass is 133 g/mol. The number of nitrogens with one attached hydrogen (secondary N) is 1. The van der Waals surface area contributed by atoms with Crippen LogP contribution in [0, 0.1) is 5.41 Å². The molecule has 0 aromatic carbocycles. The minimum atomic E-state index is -0.255. The van der Waals surface area contributed by atoms with Crippen molar-refractivity contribution < 1.29 is 10.3 Å². The van der Waals surface area contributed by atoms with Crippen LogP contribution in [0.2, 0.25) is 0 Å². The normalized spacial score (nSPS) is 15.7. The summed E-state index contributed by atoms with van der Waals surface area (Å²) in [6, 6.07) is -0.0810. The second kappa shape index (κ2) is 3.15. The van der Waals surface area contributed by atoms with Crippen molar-refractivity contribution in [1.82, 2.24) is 5.48 Å². The van der Waals surface area contributed by atoms with E-state index in [1.165, 1.54) is 0 Å². The molecule has 9 heavy (non-hydrogen) atoms. The fraction of sp³-hybridized carbons (Fsp3) is 1.00.